The van der Waals surface area contributed by atoms with Gasteiger partial charge in [-0.15, -0.1) is 0 Å². The molecular weight excluding hydrogens is 431 g/mol. The lowest BCUT2D eigenvalue weighted by molar-refractivity contribution is -0.192. The minimum Gasteiger partial charge on any atom is -0.475 e. The molecule has 1 unspecified atom stereocenters. The minimum absolute atomic E-state index is 0.0250. The van der Waals surface area contributed by atoms with Gasteiger partial charge in [0.1, 0.15) is 0 Å². The van der Waals surface area contributed by atoms with E-state index in [-0.39, 0.29) is 11.3 Å². The standard InChI is InChI=1S/C19H21N3OS.C2HF3O2/c23-18(15-5-9-24-11-15)22-13-19(17-16(22)2-1-7-20-17)6-8-21(12-19)10-14-3-4-14;3-2(4,5)1(6)7/h1-2,5,7,9,11,14H,3-4,6,8,10,12-13H2;(H,6,7). The van der Waals surface area contributed by atoms with Crippen molar-refractivity contribution in [3.05, 3.63) is 46.4 Å². The van der Waals surface area contributed by atoms with Crippen LogP contribution in [0.5, 0.6) is 0 Å². The molecule has 2 aromatic rings. The van der Waals surface area contributed by atoms with Crippen molar-refractivity contribution >= 4 is 28.9 Å². The highest BCUT2D eigenvalue weighted by Gasteiger charge is 2.50. The fourth-order valence-electron chi connectivity index (χ4n) is 4.31. The second kappa shape index (κ2) is 8.23. The Morgan fingerprint density at radius 1 is 1.26 bits per heavy atom. The maximum Gasteiger partial charge on any atom is 0.490 e. The van der Waals surface area contributed by atoms with Crippen LogP contribution in [0.3, 0.4) is 0 Å². The molecule has 1 spiro atoms. The molecule has 0 radical (unpaired) electrons. The number of carboxylic acid groups (broad SMARTS) is 1. The largest absolute Gasteiger partial charge is 0.490 e. The molecule has 1 amide bonds. The van der Waals surface area contributed by atoms with Gasteiger partial charge in [0.05, 0.1) is 16.9 Å². The minimum atomic E-state index is -5.08. The zero-order chi connectivity index (χ0) is 22.2. The Bertz CT molecular complexity index is 962. The highest BCUT2D eigenvalue weighted by molar-refractivity contribution is 7.08. The van der Waals surface area contributed by atoms with Gasteiger partial charge in [-0.3, -0.25) is 9.78 Å². The number of anilines is 1. The summed E-state index contributed by atoms with van der Waals surface area (Å²) >= 11 is 1.57. The first-order valence-corrected chi connectivity index (χ1v) is 11.0. The van der Waals surface area contributed by atoms with Gasteiger partial charge in [-0.2, -0.15) is 24.5 Å². The molecule has 1 saturated heterocycles. The molecular formula is C21H22F3N3O3S. The molecule has 1 N–H and O–H groups in total. The number of likely N-dealkylation sites (tertiary alicyclic amines) is 1. The smallest absolute Gasteiger partial charge is 0.475 e. The molecule has 1 saturated carbocycles. The number of fused-ring (bicyclic) bond motifs is 2. The van der Waals surface area contributed by atoms with Crippen LogP contribution in [-0.4, -0.2) is 59.2 Å². The van der Waals surface area contributed by atoms with Crippen LogP contribution in [0, 0.1) is 5.92 Å². The highest BCUT2D eigenvalue weighted by Crippen LogP contribution is 2.46. The first kappa shape index (κ1) is 21.8. The predicted octanol–water partition coefficient (Wildman–Crippen LogP) is 3.79. The van der Waals surface area contributed by atoms with Gasteiger partial charge in [0.15, 0.2) is 0 Å². The molecule has 4 heterocycles. The summed E-state index contributed by atoms with van der Waals surface area (Å²) in [6.07, 6.45) is 0.683. The number of carbonyl (C=O) groups is 2. The Labute approximate surface area is 181 Å². The number of thiophene rings is 1. The van der Waals surface area contributed by atoms with Crippen LogP contribution in [-0.2, 0) is 10.2 Å². The van der Waals surface area contributed by atoms with E-state index in [9.17, 15) is 18.0 Å². The van der Waals surface area contributed by atoms with Crippen molar-refractivity contribution in [1.82, 2.24) is 9.88 Å². The molecule has 1 aliphatic carbocycles. The number of aliphatic carboxylic acids is 1. The van der Waals surface area contributed by atoms with Crippen LogP contribution >= 0.6 is 11.3 Å². The maximum absolute atomic E-state index is 13.0. The summed E-state index contributed by atoms with van der Waals surface area (Å²) in [5.41, 5.74) is 2.96. The van der Waals surface area contributed by atoms with E-state index in [1.54, 1.807) is 11.3 Å². The van der Waals surface area contributed by atoms with E-state index in [2.05, 4.69) is 11.0 Å². The average molecular weight is 453 g/mol. The van der Waals surface area contributed by atoms with Crippen molar-refractivity contribution in [1.29, 1.82) is 0 Å². The van der Waals surface area contributed by atoms with Crippen LogP contribution < -0.4 is 4.90 Å². The van der Waals surface area contributed by atoms with Crippen molar-refractivity contribution in [3.63, 3.8) is 0 Å². The topological polar surface area (TPSA) is 73.7 Å². The van der Waals surface area contributed by atoms with E-state index >= 15 is 0 Å². The third kappa shape index (κ3) is 4.59. The van der Waals surface area contributed by atoms with Gasteiger partial charge in [0.25, 0.3) is 5.91 Å². The monoisotopic (exact) mass is 453 g/mol. The van der Waals surface area contributed by atoms with E-state index in [4.69, 9.17) is 14.9 Å². The highest BCUT2D eigenvalue weighted by atomic mass is 32.1. The number of carbonyl (C=O) groups excluding carboxylic acids is 1. The number of alkyl halides is 3. The Hall–Kier alpha value is -2.46. The molecule has 10 heteroatoms. The Morgan fingerprint density at radius 3 is 2.61 bits per heavy atom. The molecule has 0 bridgehead atoms. The number of rotatable bonds is 3. The van der Waals surface area contributed by atoms with Crippen molar-refractivity contribution in [2.45, 2.75) is 30.9 Å². The number of halogens is 3. The molecule has 5 rings (SSSR count). The Balaban J connectivity index is 0.000000289. The summed E-state index contributed by atoms with van der Waals surface area (Å²) in [7, 11) is 0. The van der Waals surface area contributed by atoms with Gasteiger partial charge in [-0.25, -0.2) is 4.79 Å². The van der Waals surface area contributed by atoms with E-state index < -0.39 is 12.1 Å². The van der Waals surface area contributed by atoms with Crippen LogP contribution in [0.1, 0.15) is 35.3 Å². The van der Waals surface area contributed by atoms with Crippen LogP contribution in [0.15, 0.2) is 35.2 Å². The van der Waals surface area contributed by atoms with E-state index in [1.807, 2.05) is 34.0 Å². The van der Waals surface area contributed by atoms with Gasteiger partial charge in [0, 0.05) is 36.6 Å². The Kier molecular flexibility index (Phi) is 5.78. The lowest BCUT2D eigenvalue weighted by Gasteiger charge is -2.25. The van der Waals surface area contributed by atoms with Crippen molar-refractivity contribution in [2.24, 2.45) is 5.92 Å². The van der Waals surface area contributed by atoms with Gasteiger partial charge in [0.2, 0.25) is 0 Å². The number of amides is 1. The summed E-state index contributed by atoms with van der Waals surface area (Å²) in [5.74, 6) is -1.73. The van der Waals surface area contributed by atoms with E-state index in [0.717, 1.165) is 48.9 Å². The van der Waals surface area contributed by atoms with Crippen molar-refractivity contribution in [2.75, 3.05) is 31.1 Å². The van der Waals surface area contributed by atoms with Gasteiger partial charge >= 0.3 is 12.1 Å². The van der Waals surface area contributed by atoms with Gasteiger partial charge in [-0.05, 0) is 55.3 Å². The zero-order valence-corrected chi connectivity index (χ0v) is 17.5. The van der Waals surface area contributed by atoms with Gasteiger partial charge < -0.3 is 14.9 Å². The molecule has 2 aliphatic heterocycles. The van der Waals surface area contributed by atoms with Crippen molar-refractivity contribution < 1.29 is 27.9 Å². The number of carboxylic acids is 1. The fraction of sp³-hybridized carbons (Fsp3) is 0.476. The summed E-state index contributed by atoms with van der Waals surface area (Å²) in [6.45, 7) is 4.17. The second-order valence-electron chi connectivity index (χ2n) is 8.29. The molecule has 0 aromatic carbocycles. The summed E-state index contributed by atoms with van der Waals surface area (Å²) < 4.78 is 31.7. The summed E-state index contributed by atoms with van der Waals surface area (Å²) in [5, 5.41) is 11.0. The van der Waals surface area contributed by atoms with Crippen LogP contribution in [0.4, 0.5) is 18.9 Å². The molecule has 3 aliphatic rings. The first-order chi connectivity index (χ1) is 14.7. The van der Waals surface area contributed by atoms with E-state index in [0.29, 0.717) is 0 Å². The number of pyridine rings is 1. The van der Waals surface area contributed by atoms with Gasteiger partial charge in [-0.1, -0.05) is 0 Å². The molecule has 6 nitrogen and oxygen atoms in total. The summed E-state index contributed by atoms with van der Waals surface area (Å²) in [6, 6.07) is 5.93. The van der Waals surface area contributed by atoms with Crippen molar-refractivity contribution in [3.8, 4) is 0 Å². The lowest BCUT2D eigenvalue weighted by atomic mass is 9.85. The number of nitrogens with zero attached hydrogens (tertiary/aromatic N) is 3. The SMILES string of the molecule is O=C(O)C(F)(F)F.O=C(c1ccsc1)N1CC2(CCN(CC3CC3)C2)c2ncccc21. The third-order valence-electron chi connectivity index (χ3n) is 5.94. The molecule has 166 valence electrons. The van der Waals surface area contributed by atoms with Crippen LogP contribution in [0.2, 0.25) is 0 Å². The normalized spacial score (nSPS) is 22.9. The predicted molar refractivity (Wildman–Crippen MR) is 109 cm³/mol. The third-order valence-corrected chi connectivity index (χ3v) is 6.63. The van der Waals surface area contributed by atoms with E-state index in [1.165, 1.54) is 19.4 Å². The number of hydrogen-bond donors (Lipinski definition) is 1. The molecule has 1 atom stereocenters. The molecule has 2 fully saturated rings. The average Bonchev–Trinajstić information content (AvgIpc) is 3.14. The Morgan fingerprint density at radius 2 is 2.00 bits per heavy atom. The molecule has 31 heavy (non-hydrogen) atoms. The summed E-state index contributed by atoms with van der Waals surface area (Å²) in [4.78, 5) is 31.1. The molecule has 2 aromatic heterocycles. The maximum atomic E-state index is 13.0. The lowest BCUT2D eigenvalue weighted by Crippen LogP contribution is -2.39. The fourth-order valence-corrected chi connectivity index (χ4v) is 4.94. The number of aromatic nitrogens is 1. The quantitative estimate of drug-likeness (QED) is 0.766. The van der Waals surface area contributed by atoms with Crippen LogP contribution in [0.25, 0.3) is 0 Å². The second-order valence-corrected chi connectivity index (χ2v) is 9.07. The first-order valence-electron chi connectivity index (χ1n) is 10.0. The number of hydrogen-bond acceptors (Lipinski definition) is 5. The zero-order valence-electron chi connectivity index (χ0n) is 16.6.